The minimum atomic E-state index is 0. The van der Waals surface area contributed by atoms with Crippen molar-refractivity contribution in [3.8, 4) is 0 Å². The maximum atomic E-state index is 11.6. The Morgan fingerprint density at radius 3 is 2.35 bits per heavy atom. The molecule has 5 heteroatoms. The zero-order valence-corrected chi connectivity index (χ0v) is 11.2. The van der Waals surface area contributed by atoms with E-state index in [1.54, 1.807) is 0 Å². The molecular weight excluding hydrogens is 238 g/mol. The van der Waals surface area contributed by atoms with E-state index in [0.717, 1.165) is 44.9 Å². The quantitative estimate of drug-likeness (QED) is 0.762. The van der Waals surface area contributed by atoms with Crippen LogP contribution in [0.5, 0.6) is 0 Å². The van der Waals surface area contributed by atoms with Crippen LogP contribution in [-0.4, -0.2) is 43.5 Å². The van der Waals surface area contributed by atoms with Crippen LogP contribution in [0, 0.1) is 11.8 Å². The highest BCUT2D eigenvalue weighted by Crippen LogP contribution is 2.27. The summed E-state index contributed by atoms with van der Waals surface area (Å²) in [5.41, 5.74) is 5.64. The molecule has 0 aromatic carbocycles. The average molecular weight is 262 g/mol. The van der Waals surface area contributed by atoms with Gasteiger partial charge in [-0.25, -0.2) is 0 Å². The molecule has 1 aliphatic carbocycles. The second-order valence-corrected chi connectivity index (χ2v) is 5.20. The Labute approximate surface area is 110 Å². The molecule has 17 heavy (non-hydrogen) atoms. The molecule has 0 unspecified atom stereocenters. The number of nitrogens with two attached hydrogens (primary N) is 1. The molecule has 0 radical (unpaired) electrons. The first-order valence-electron chi connectivity index (χ1n) is 6.47. The van der Waals surface area contributed by atoms with E-state index >= 15 is 0 Å². The van der Waals surface area contributed by atoms with Crippen LogP contribution in [-0.2, 0) is 4.79 Å². The minimum Gasteiger partial charge on any atom is -0.355 e. The van der Waals surface area contributed by atoms with Gasteiger partial charge in [-0.3, -0.25) is 9.69 Å². The Balaban J connectivity index is 0.00000144. The van der Waals surface area contributed by atoms with E-state index in [1.807, 2.05) is 0 Å². The summed E-state index contributed by atoms with van der Waals surface area (Å²) in [6.07, 6.45) is 4.88. The van der Waals surface area contributed by atoms with Crippen molar-refractivity contribution in [2.45, 2.75) is 25.7 Å². The molecule has 4 nitrogen and oxygen atoms in total. The number of piperidine rings is 1. The third-order valence-corrected chi connectivity index (χ3v) is 3.69. The van der Waals surface area contributed by atoms with E-state index in [-0.39, 0.29) is 18.3 Å². The zero-order valence-electron chi connectivity index (χ0n) is 10.4. The molecule has 0 spiro atoms. The molecule has 2 rings (SSSR count). The number of carbonyl (C=O) groups is 1. The van der Waals surface area contributed by atoms with E-state index in [0.29, 0.717) is 12.5 Å². The maximum absolute atomic E-state index is 11.6. The Morgan fingerprint density at radius 2 is 1.82 bits per heavy atom. The van der Waals surface area contributed by atoms with Crippen LogP contribution in [0.15, 0.2) is 0 Å². The van der Waals surface area contributed by atoms with Crippen molar-refractivity contribution < 1.29 is 4.79 Å². The van der Waals surface area contributed by atoms with Gasteiger partial charge in [-0.15, -0.1) is 12.4 Å². The van der Waals surface area contributed by atoms with Crippen molar-refractivity contribution in [2.75, 3.05) is 32.7 Å². The Hall–Kier alpha value is -0.320. The number of rotatable bonds is 5. The van der Waals surface area contributed by atoms with Crippen molar-refractivity contribution in [3.63, 3.8) is 0 Å². The lowest BCUT2D eigenvalue weighted by molar-refractivity contribution is -0.122. The number of hydrogen-bond acceptors (Lipinski definition) is 3. The Bertz CT molecular complexity index is 238. The lowest BCUT2D eigenvalue weighted by atomic mass is 9.97. The standard InChI is InChI=1S/C12H23N3O.ClH/c13-7-10-3-5-15(6-4-10)9-12(16)14-8-11-1-2-11;/h10-11H,1-9,13H2,(H,14,16);1H. The SMILES string of the molecule is Cl.NCC1CCN(CC(=O)NCC2CC2)CC1. The molecule has 1 aliphatic heterocycles. The predicted molar refractivity (Wildman–Crippen MR) is 71.2 cm³/mol. The fourth-order valence-corrected chi connectivity index (χ4v) is 2.22. The van der Waals surface area contributed by atoms with E-state index in [9.17, 15) is 4.79 Å². The molecule has 3 N–H and O–H groups in total. The molecule has 2 fully saturated rings. The fourth-order valence-electron chi connectivity index (χ4n) is 2.22. The van der Waals surface area contributed by atoms with Crippen LogP contribution in [0.1, 0.15) is 25.7 Å². The molecule has 100 valence electrons. The van der Waals surface area contributed by atoms with Crippen molar-refractivity contribution in [3.05, 3.63) is 0 Å². The second kappa shape index (κ2) is 7.19. The summed E-state index contributed by atoms with van der Waals surface area (Å²) in [6.45, 7) is 4.31. The topological polar surface area (TPSA) is 58.4 Å². The number of nitrogens with zero attached hydrogens (tertiary/aromatic N) is 1. The number of nitrogens with one attached hydrogen (secondary N) is 1. The van der Waals surface area contributed by atoms with Crippen LogP contribution in [0.2, 0.25) is 0 Å². The lowest BCUT2D eigenvalue weighted by Crippen LogP contribution is -2.42. The van der Waals surface area contributed by atoms with Crippen LogP contribution < -0.4 is 11.1 Å². The summed E-state index contributed by atoms with van der Waals surface area (Å²) in [4.78, 5) is 13.9. The van der Waals surface area contributed by atoms with Gasteiger partial charge >= 0.3 is 0 Å². The van der Waals surface area contributed by atoms with Crippen molar-refractivity contribution in [1.82, 2.24) is 10.2 Å². The second-order valence-electron chi connectivity index (χ2n) is 5.20. The summed E-state index contributed by atoms with van der Waals surface area (Å²) in [6, 6.07) is 0. The van der Waals surface area contributed by atoms with Gasteiger partial charge in [-0.05, 0) is 57.2 Å². The molecule has 0 aromatic heterocycles. The third kappa shape index (κ3) is 5.23. The first kappa shape index (κ1) is 14.7. The Kier molecular flexibility index (Phi) is 6.23. The van der Waals surface area contributed by atoms with Crippen LogP contribution in [0.3, 0.4) is 0 Å². The van der Waals surface area contributed by atoms with E-state index < -0.39 is 0 Å². The highest BCUT2D eigenvalue weighted by Gasteiger charge is 2.23. The predicted octanol–water partition coefficient (Wildman–Crippen LogP) is 0.605. The summed E-state index contributed by atoms with van der Waals surface area (Å²) < 4.78 is 0. The van der Waals surface area contributed by atoms with Gasteiger partial charge in [0.05, 0.1) is 6.54 Å². The van der Waals surface area contributed by atoms with Crippen molar-refractivity contribution >= 4 is 18.3 Å². The van der Waals surface area contributed by atoms with E-state index in [2.05, 4.69) is 10.2 Å². The molecule has 0 atom stereocenters. The number of halogens is 1. The lowest BCUT2D eigenvalue weighted by Gasteiger charge is -2.30. The molecule has 1 saturated carbocycles. The van der Waals surface area contributed by atoms with Crippen LogP contribution in [0.25, 0.3) is 0 Å². The van der Waals surface area contributed by atoms with Gasteiger partial charge in [0.2, 0.25) is 5.91 Å². The van der Waals surface area contributed by atoms with Gasteiger partial charge in [0, 0.05) is 6.54 Å². The molecule has 1 amide bonds. The first-order valence-corrected chi connectivity index (χ1v) is 6.47. The van der Waals surface area contributed by atoms with Crippen LogP contribution >= 0.6 is 12.4 Å². The number of likely N-dealkylation sites (tertiary alicyclic amines) is 1. The highest BCUT2D eigenvalue weighted by atomic mass is 35.5. The largest absolute Gasteiger partial charge is 0.355 e. The summed E-state index contributed by atoms with van der Waals surface area (Å²) in [7, 11) is 0. The van der Waals surface area contributed by atoms with Gasteiger partial charge in [-0.1, -0.05) is 0 Å². The summed E-state index contributed by atoms with van der Waals surface area (Å²) in [5, 5.41) is 3.01. The van der Waals surface area contributed by atoms with Gasteiger partial charge in [0.15, 0.2) is 0 Å². The molecule has 1 saturated heterocycles. The smallest absolute Gasteiger partial charge is 0.234 e. The van der Waals surface area contributed by atoms with E-state index in [1.165, 1.54) is 12.8 Å². The van der Waals surface area contributed by atoms with E-state index in [4.69, 9.17) is 5.73 Å². The Morgan fingerprint density at radius 1 is 1.18 bits per heavy atom. The first-order chi connectivity index (χ1) is 7.78. The third-order valence-electron chi connectivity index (χ3n) is 3.69. The minimum absolute atomic E-state index is 0. The number of hydrogen-bond donors (Lipinski definition) is 2. The summed E-state index contributed by atoms with van der Waals surface area (Å²) in [5.74, 6) is 1.64. The fraction of sp³-hybridized carbons (Fsp3) is 0.917. The van der Waals surface area contributed by atoms with Crippen molar-refractivity contribution in [1.29, 1.82) is 0 Å². The van der Waals surface area contributed by atoms with Gasteiger partial charge in [0.1, 0.15) is 0 Å². The van der Waals surface area contributed by atoms with Gasteiger partial charge in [-0.2, -0.15) is 0 Å². The summed E-state index contributed by atoms with van der Waals surface area (Å²) >= 11 is 0. The normalized spacial score (nSPS) is 21.9. The van der Waals surface area contributed by atoms with Crippen LogP contribution in [0.4, 0.5) is 0 Å². The van der Waals surface area contributed by atoms with Gasteiger partial charge < -0.3 is 11.1 Å². The van der Waals surface area contributed by atoms with Gasteiger partial charge in [0.25, 0.3) is 0 Å². The zero-order chi connectivity index (χ0) is 11.4. The monoisotopic (exact) mass is 261 g/mol. The molecular formula is C12H24ClN3O. The highest BCUT2D eigenvalue weighted by molar-refractivity contribution is 5.85. The molecule has 1 heterocycles. The number of carbonyl (C=O) groups excluding carboxylic acids is 1. The molecule has 2 aliphatic rings. The molecule has 0 aromatic rings. The molecule has 0 bridgehead atoms. The average Bonchev–Trinajstić information content (AvgIpc) is 3.11. The number of amides is 1. The maximum Gasteiger partial charge on any atom is 0.234 e. The van der Waals surface area contributed by atoms with Crippen molar-refractivity contribution in [2.24, 2.45) is 17.6 Å².